The third-order valence-corrected chi connectivity index (χ3v) is 9.83. The molecule has 0 N–H and O–H groups in total. The van der Waals surface area contributed by atoms with Gasteiger partial charge in [-0.1, -0.05) is 0 Å². The number of benzene rings is 6. The van der Waals surface area contributed by atoms with Gasteiger partial charge in [0.2, 0.25) is 0 Å². The molecule has 2 aromatic heterocycles. The summed E-state index contributed by atoms with van der Waals surface area (Å²) in [7, 11) is 0. The first kappa shape index (κ1) is 22.4. The van der Waals surface area contributed by atoms with Gasteiger partial charge in [-0.3, -0.25) is 0 Å². The number of nitrogens with zero attached hydrogens (tertiary/aromatic N) is 3. The van der Waals surface area contributed by atoms with Gasteiger partial charge in [-0.05, 0) is 0 Å². The SMILES string of the molecule is c1ccc(-c2nc(-c3ccccc3)nc(-c3cc4ccccc4c4c3ccc3c5ccccc5[se]c34)n2)cc1. The topological polar surface area (TPSA) is 38.7 Å². The first-order valence-electron chi connectivity index (χ1n) is 13.0. The molecule has 0 aliphatic carbocycles. The number of rotatable bonds is 3. The summed E-state index contributed by atoms with van der Waals surface area (Å²) < 4.78 is 2.89. The van der Waals surface area contributed by atoms with Crippen molar-refractivity contribution in [1.29, 1.82) is 0 Å². The van der Waals surface area contributed by atoms with Crippen molar-refractivity contribution < 1.29 is 0 Å². The van der Waals surface area contributed by atoms with Crippen molar-refractivity contribution in [2.75, 3.05) is 0 Å². The van der Waals surface area contributed by atoms with Crippen molar-refractivity contribution in [3.05, 3.63) is 127 Å². The molecule has 0 fully saturated rings. The van der Waals surface area contributed by atoms with E-state index >= 15 is 0 Å². The standard InChI is InChI=1S/C35H21N3Se/c1-3-11-22(12-4-1)33-36-34(23-13-5-2-6-14-23)38-35(37-33)29-21-24-15-7-8-16-25(24)31-27(29)19-20-28-26-17-9-10-18-30(26)39-32(28)31/h1-21H. The molecule has 8 aromatic rings. The fourth-order valence-electron chi connectivity index (χ4n) is 5.48. The van der Waals surface area contributed by atoms with Crippen molar-refractivity contribution >= 4 is 55.3 Å². The molecule has 0 unspecified atom stereocenters. The van der Waals surface area contributed by atoms with E-state index in [4.69, 9.17) is 15.0 Å². The van der Waals surface area contributed by atoms with E-state index in [1.165, 1.54) is 40.8 Å². The molecule has 0 atom stereocenters. The summed E-state index contributed by atoms with van der Waals surface area (Å²) in [5.74, 6) is 2.05. The Hall–Kier alpha value is -4.63. The molecule has 182 valence electrons. The van der Waals surface area contributed by atoms with Crippen LogP contribution in [-0.2, 0) is 0 Å². The van der Waals surface area contributed by atoms with Crippen LogP contribution in [0, 0.1) is 0 Å². The predicted molar refractivity (Wildman–Crippen MR) is 163 cm³/mol. The zero-order valence-corrected chi connectivity index (χ0v) is 22.6. The number of hydrogen-bond donors (Lipinski definition) is 0. The van der Waals surface area contributed by atoms with Crippen LogP contribution < -0.4 is 0 Å². The van der Waals surface area contributed by atoms with E-state index in [9.17, 15) is 0 Å². The van der Waals surface area contributed by atoms with Crippen molar-refractivity contribution in [1.82, 2.24) is 15.0 Å². The van der Waals surface area contributed by atoms with Gasteiger partial charge in [0, 0.05) is 0 Å². The average molecular weight is 563 g/mol. The van der Waals surface area contributed by atoms with Gasteiger partial charge in [0.25, 0.3) is 0 Å². The van der Waals surface area contributed by atoms with E-state index in [1.54, 1.807) is 0 Å². The second kappa shape index (κ2) is 8.99. The summed E-state index contributed by atoms with van der Waals surface area (Å²) in [6.45, 7) is 0. The molecule has 0 bridgehead atoms. The van der Waals surface area contributed by atoms with Crippen LogP contribution in [-0.4, -0.2) is 29.5 Å². The van der Waals surface area contributed by atoms with Crippen molar-refractivity contribution in [2.24, 2.45) is 0 Å². The van der Waals surface area contributed by atoms with Gasteiger partial charge in [-0.2, -0.15) is 0 Å². The third kappa shape index (κ3) is 3.69. The zero-order chi connectivity index (χ0) is 25.8. The molecule has 3 nitrogen and oxygen atoms in total. The molecular weight excluding hydrogens is 541 g/mol. The minimum absolute atomic E-state index is 0.232. The van der Waals surface area contributed by atoms with Crippen LogP contribution in [0.3, 0.4) is 0 Å². The predicted octanol–water partition coefficient (Wildman–Crippen LogP) is 8.54. The summed E-state index contributed by atoms with van der Waals surface area (Å²) in [6, 6.07) is 44.7. The Morgan fingerprint density at radius 1 is 0.436 bits per heavy atom. The van der Waals surface area contributed by atoms with Crippen LogP contribution in [0.5, 0.6) is 0 Å². The Balaban J connectivity index is 1.49. The first-order chi connectivity index (χ1) is 19.3. The van der Waals surface area contributed by atoms with E-state index in [2.05, 4.69) is 91.0 Å². The monoisotopic (exact) mass is 563 g/mol. The molecule has 0 amide bonds. The molecule has 6 aromatic carbocycles. The molecule has 8 rings (SSSR count). The quantitative estimate of drug-likeness (QED) is 0.160. The summed E-state index contributed by atoms with van der Waals surface area (Å²) in [4.78, 5) is 15.1. The molecule has 2 heterocycles. The van der Waals surface area contributed by atoms with Crippen LogP contribution in [0.15, 0.2) is 127 Å². The molecule has 0 aliphatic rings. The summed E-state index contributed by atoms with van der Waals surface area (Å²) in [6.07, 6.45) is 0. The Morgan fingerprint density at radius 3 is 1.72 bits per heavy atom. The summed E-state index contributed by atoms with van der Waals surface area (Å²) >= 11 is 0.232. The Bertz CT molecular complexity index is 2110. The van der Waals surface area contributed by atoms with Crippen LogP contribution in [0.25, 0.3) is 75.0 Å². The van der Waals surface area contributed by atoms with Crippen molar-refractivity contribution in [3.8, 4) is 34.2 Å². The van der Waals surface area contributed by atoms with E-state index in [0.717, 1.165) is 16.7 Å². The van der Waals surface area contributed by atoms with Crippen LogP contribution in [0.4, 0.5) is 0 Å². The number of aromatic nitrogens is 3. The van der Waals surface area contributed by atoms with Crippen molar-refractivity contribution in [3.63, 3.8) is 0 Å². The number of hydrogen-bond acceptors (Lipinski definition) is 3. The number of fused-ring (bicyclic) bond motifs is 7. The Labute approximate surface area is 231 Å². The molecule has 0 radical (unpaired) electrons. The second-order valence-corrected chi connectivity index (χ2v) is 11.9. The second-order valence-electron chi connectivity index (χ2n) is 9.65. The Kier molecular flexibility index (Phi) is 5.15. The molecule has 39 heavy (non-hydrogen) atoms. The summed E-state index contributed by atoms with van der Waals surface area (Å²) in [5.41, 5.74) is 2.99. The molecule has 0 spiro atoms. The normalized spacial score (nSPS) is 11.6. The van der Waals surface area contributed by atoms with Crippen LogP contribution >= 0.6 is 0 Å². The molecular formula is C35H21N3Se. The van der Waals surface area contributed by atoms with Gasteiger partial charge in [-0.25, -0.2) is 0 Å². The van der Waals surface area contributed by atoms with Gasteiger partial charge < -0.3 is 0 Å². The average Bonchev–Trinajstić information content (AvgIpc) is 3.40. The van der Waals surface area contributed by atoms with Gasteiger partial charge in [0.05, 0.1) is 0 Å². The van der Waals surface area contributed by atoms with Gasteiger partial charge in [0.1, 0.15) is 0 Å². The van der Waals surface area contributed by atoms with Crippen LogP contribution in [0.1, 0.15) is 0 Å². The first-order valence-corrected chi connectivity index (χ1v) is 14.7. The fourth-order valence-corrected chi connectivity index (χ4v) is 8.13. The van der Waals surface area contributed by atoms with Gasteiger partial charge >= 0.3 is 232 Å². The van der Waals surface area contributed by atoms with Gasteiger partial charge in [-0.15, -0.1) is 0 Å². The maximum absolute atomic E-state index is 5.07. The Morgan fingerprint density at radius 2 is 1.00 bits per heavy atom. The molecule has 0 saturated heterocycles. The van der Waals surface area contributed by atoms with Gasteiger partial charge in [0.15, 0.2) is 0 Å². The molecule has 0 saturated carbocycles. The minimum atomic E-state index is 0.232. The third-order valence-electron chi connectivity index (χ3n) is 7.31. The van der Waals surface area contributed by atoms with Crippen LogP contribution in [0.2, 0.25) is 0 Å². The fraction of sp³-hybridized carbons (Fsp3) is 0. The van der Waals surface area contributed by atoms with E-state index < -0.39 is 0 Å². The van der Waals surface area contributed by atoms with E-state index in [1.807, 2.05) is 36.4 Å². The van der Waals surface area contributed by atoms with Crippen molar-refractivity contribution in [2.45, 2.75) is 0 Å². The van der Waals surface area contributed by atoms with E-state index in [-0.39, 0.29) is 14.5 Å². The summed E-state index contributed by atoms with van der Waals surface area (Å²) in [5, 5.41) is 7.70. The van der Waals surface area contributed by atoms with E-state index in [0.29, 0.717) is 17.5 Å². The molecule has 0 aliphatic heterocycles. The zero-order valence-electron chi connectivity index (χ0n) is 20.9. The maximum atomic E-state index is 5.07. The molecule has 4 heteroatoms.